The number of hydrogen-bond acceptors (Lipinski definition) is 6. The lowest BCUT2D eigenvalue weighted by atomic mass is 9.87. The number of unbranched alkanes of at least 4 members (excludes halogenated alkanes) is 1. The summed E-state index contributed by atoms with van der Waals surface area (Å²) in [7, 11) is 0. The second-order valence-electron chi connectivity index (χ2n) is 8.98. The van der Waals surface area contributed by atoms with Gasteiger partial charge < -0.3 is 18.6 Å². The number of benzene rings is 2. The van der Waals surface area contributed by atoms with Gasteiger partial charge >= 0.3 is 12.1 Å². The van der Waals surface area contributed by atoms with Crippen LogP contribution in [0, 0.1) is 0 Å². The Morgan fingerprint density at radius 2 is 1.66 bits per heavy atom. The lowest BCUT2D eigenvalue weighted by Gasteiger charge is -2.19. The maximum Gasteiger partial charge on any atom is 0.453 e. The van der Waals surface area contributed by atoms with Crippen molar-refractivity contribution in [2.45, 2.75) is 52.1 Å². The molecule has 9 heteroatoms. The first-order valence-electron chi connectivity index (χ1n) is 11.1. The average molecular weight is 492 g/mol. The van der Waals surface area contributed by atoms with E-state index >= 15 is 0 Å². The van der Waals surface area contributed by atoms with Gasteiger partial charge in [0, 0.05) is 6.07 Å². The summed E-state index contributed by atoms with van der Waals surface area (Å²) in [6.45, 7) is 7.75. The fourth-order valence-corrected chi connectivity index (χ4v) is 3.18. The standard InChI is InChI=1S/C26H27F3O6/c1-5-6-13-32-21(30)15-33-18-11-12-19-20(14-18)35-24(26(27,28)29)23(22(19)31)34-17-9-7-16(8-10-17)25(2,3)4/h7-12,14H,5-6,13,15H2,1-4H3. The summed E-state index contributed by atoms with van der Waals surface area (Å²) in [5.41, 5.74) is -0.546. The topological polar surface area (TPSA) is 75.0 Å². The number of carbonyl (C=O) groups is 1. The van der Waals surface area contributed by atoms with Gasteiger partial charge in [0.15, 0.2) is 6.61 Å². The number of halogens is 3. The first-order chi connectivity index (χ1) is 16.4. The molecule has 0 aliphatic carbocycles. The van der Waals surface area contributed by atoms with Crippen LogP contribution in [0.3, 0.4) is 0 Å². The van der Waals surface area contributed by atoms with E-state index < -0.39 is 35.7 Å². The van der Waals surface area contributed by atoms with Gasteiger partial charge in [-0.1, -0.05) is 46.2 Å². The summed E-state index contributed by atoms with van der Waals surface area (Å²) in [4.78, 5) is 24.7. The van der Waals surface area contributed by atoms with Crippen LogP contribution in [0.4, 0.5) is 13.2 Å². The van der Waals surface area contributed by atoms with Crippen molar-refractivity contribution in [3.63, 3.8) is 0 Å². The van der Waals surface area contributed by atoms with Crippen LogP contribution in [0.1, 0.15) is 51.9 Å². The van der Waals surface area contributed by atoms with Crippen LogP contribution in [-0.4, -0.2) is 19.2 Å². The van der Waals surface area contributed by atoms with Crippen molar-refractivity contribution in [3.8, 4) is 17.2 Å². The minimum atomic E-state index is -4.99. The molecule has 3 rings (SSSR count). The Hall–Kier alpha value is -3.49. The Morgan fingerprint density at radius 1 is 1.00 bits per heavy atom. The van der Waals surface area contributed by atoms with Crippen LogP contribution in [0.25, 0.3) is 11.0 Å². The van der Waals surface area contributed by atoms with Crippen molar-refractivity contribution in [3.05, 3.63) is 64.0 Å². The lowest BCUT2D eigenvalue weighted by Crippen LogP contribution is -2.16. The number of rotatable bonds is 8. The molecule has 0 saturated carbocycles. The molecule has 0 bridgehead atoms. The van der Waals surface area contributed by atoms with Crippen LogP contribution in [0.5, 0.6) is 17.2 Å². The van der Waals surface area contributed by atoms with Gasteiger partial charge in [0.05, 0.1) is 12.0 Å². The van der Waals surface area contributed by atoms with Gasteiger partial charge in [-0.15, -0.1) is 0 Å². The second kappa shape index (κ2) is 10.4. The minimum absolute atomic E-state index is 0.0488. The lowest BCUT2D eigenvalue weighted by molar-refractivity contribution is -0.154. The molecule has 0 radical (unpaired) electrons. The zero-order chi connectivity index (χ0) is 25.8. The van der Waals surface area contributed by atoms with E-state index in [1.807, 2.05) is 27.7 Å². The van der Waals surface area contributed by atoms with Crippen molar-refractivity contribution in [2.24, 2.45) is 0 Å². The SMILES string of the molecule is CCCCOC(=O)COc1ccc2c(=O)c(Oc3ccc(C(C)(C)C)cc3)c(C(F)(F)F)oc2c1. The maximum atomic E-state index is 13.8. The fraction of sp³-hybridized carbons (Fsp3) is 0.385. The zero-order valence-corrected chi connectivity index (χ0v) is 20.0. The molecule has 2 aromatic carbocycles. The Kier molecular flexibility index (Phi) is 7.77. The van der Waals surface area contributed by atoms with Gasteiger partial charge in [0.1, 0.15) is 17.1 Å². The summed E-state index contributed by atoms with van der Waals surface area (Å²) in [6, 6.07) is 10.2. The van der Waals surface area contributed by atoms with Crippen molar-refractivity contribution in [1.82, 2.24) is 0 Å². The molecule has 1 aromatic heterocycles. The highest BCUT2D eigenvalue weighted by atomic mass is 19.4. The van der Waals surface area contributed by atoms with E-state index in [4.69, 9.17) is 18.6 Å². The van der Waals surface area contributed by atoms with Gasteiger partial charge in [-0.05, 0) is 41.7 Å². The van der Waals surface area contributed by atoms with Crippen molar-refractivity contribution in [1.29, 1.82) is 0 Å². The van der Waals surface area contributed by atoms with Crippen LogP contribution in [-0.2, 0) is 21.1 Å². The van der Waals surface area contributed by atoms with E-state index in [2.05, 4.69) is 0 Å². The molecule has 0 fully saturated rings. The molecule has 0 unspecified atom stereocenters. The Labute approximate surface area is 200 Å². The molecule has 188 valence electrons. The normalized spacial score (nSPS) is 12.0. The van der Waals surface area contributed by atoms with E-state index in [9.17, 15) is 22.8 Å². The molecule has 0 amide bonds. The highest BCUT2D eigenvalue weighted by molar-refractivity contribution is 5.80. The monoisotopic (exact) mass is 492 g/mol. The van der Waals surface area contributed by atoms with Crippen molar-refractivity contribution < 1.29 is 36.6 Å². The number of esters is 1. The summed E-state index contributed by atoms with van der Waals surface area (Å²) in [6.07, 6.45) is -3.43. The fourth-order valence-electron chi connectivity index (χ4n) is 3.18. The quantitative estimate of drug-likeness (QED) is 0.260. The molecule has 0 atom stereocenters. The Balaban J connectivity index is 1.92. The minimum Gasteiger partial charge on any atom is -0.482 e. The summed E-state index contributed by atoms with van der Waals surface area (Å²) < 4.78 is 62.0. The predicted octanol–water partition coefficient (Wildman–Crippen LogP) is 6.62. The molecule has 0 spiro atoms. The van der Waals surface area contributed by atoms with Gasteiger partial charge in [-0.2, -0.15) is 13.2 Å². The Bertz CT molecular complexity index is 1240. The van der Waals surface area contributed by atoms with Crippen LogP contribution >= 0.6 is 0 Å². The number of carbonyl (C=O) groups excluding carboxylic acids is 1. The van der Waals surface area contributed by atoms with Gasteiger partial charge in [0.2, 0.25) is 11.2 Å². The maximum absolute atomic E-state index is 13.8. The first-order valence-corrected chi connectivity index (χ1v) is 11.1. The summed E-state index contributed by atoms with van der Waals surface area (Å²) >= 11 is 0. The molecule has 0 aliphatic rings. The van der Waals surface area contributed by atoms with Gasteiger partial charge in [-0.25, -0.2) is 4.79 Å². The Morgan fingerprint density at radius 3 is 2.26 bits per heavy atom. The first kappa shape index (κ1) is 26.1. The molecule has 0 aliphatic heterocycles. The van der Waals surface area contributed by atoms with Crippen molar-refractivity contribution >= 4 is 16.9 Å². The molecule has 1 heterocycles. The molecule has 0 saturated heterocycles. The zero-order valence-electron chi connectivity index (χ0n) is 20.0. The molecule has 6 nitrogen and oxygen atoms in total. The van der Waals surface area contributed by atoms with Crippen LogP contribution < -0.4 is 14.9 Å². The molecular formula is C26H27F3O6. The third kappa shape index (κ3) is 6.55. The predicted molar refractivity (Wildman–Crippen MR) is 124 cm³/mol. The smallest absolute Gasteiger partial charge is 0.453 e. The van der Waals surface area contributed by atoms with E-state index in [1.165, 1.54) is 24.3 Å². The molecule has 3 aromatic rings. The highest BCUT2D eigenvalue weighted by Crippen LogP contribution is 2.39. The average Bonchev–Trinajstić information content (AvgIpc) is 2.78. The third-order valence-corrected chi connectivity index (χ3v) is 5.14. The van der Waals surface area contributed by atoms with Crippen molar-refractivity contribution in [2.75, 3.05) is 13.2 Å². The molecule has 35 heavy (non-hydrogen) atoms. The van der Waals surface area contributed by atoms with E-state index in [0.717, 1.165) is 18.1 Å². The van der Waals surface area contributed by atoms with E-state index in [0.29, 0.717) is 6.42 Å². The third-order valence-electron chi connectivity index (χ3n) is 5.14. The molecular weight excluding hydrogens is 465 g/mol. The van der Waals surface area contributed by atoms with Gasteiger partial charge in [0.25, 0.3) is 5.76 Å². The number of fused-ring (bicyclic) bond motifs is 1. The van der Waals surface area contributed by atoms with Crippen LogP contribution in [0.2, 0.25) is 0 Å². The number of alkyl halides is 3. The van der Waals surface area contributed by atoms with E-state index in [-0.39, 0.29) is 34.5 Å². The van der Waals surface area contributed by atoms with Gasteiger partial charge in [-0.3, -0.25) is 4.79 Å². The number of ether oxygens (including phenoxy) is 3. The summed E-state index contributed by atoms with van der Waals surface area (Å²) in [5.74, 6) is -3.02. The largest absolute Gasteiger partial charge is 0.482 e. The highest BCUT2D eigenvalue weighted by Gasteiger charge is 2.40. The molecule has 0 N–H and O–H groups in total. The number of hydrogen-bond donors (Lipinski definition) is 0. The van der Waals surface area contributed by atoms with Crippen LogP contribution in [0.15, 0.2) is 51.7 Å². The van der Waals surface area contributed by atoms with E-state index in [1.54, 1.807) is 12.1 Å². The second-order valence-corrected chi connectivity index (χ2v) is 8.98. The summed E-state index contributed by atoms with van der Waals surface area (Å²) in [5, 5.41) is -0.128.